The lowest BCUT2D eigenvalue weighted by Crippen LogP contribution is -2.40. The molecular weight excluding hydrogens is 421 g/mol. The molecule has 1 fully saturated rings. The normalized spacial score (nSPS) is 19.0. The van der Waals surface area contributed by atoms with Crippen LogP contribution in [0.3, 0.4) is 0 Å². The van der Waals surface area contributed by atoms with Crippen LogP contribution in [-0.4, -0.2) is 45.5 Å². The minimum atomic E-state index is -4.21. The zero-order valence-electron chi connectivity index (χ0n) is 16.7. The number of hydrogen-bond donors (Lipinski definition) is 1. The van der Waals surface area contributed by atoms with E-state index in [9.17, 15) is 13.2 Å². The van der Waals surface area contributed by atoms with Crippen molar-refractivity contribution in [1.82, 2.24) is 39.3 Å². The van der Waals surface area contributed by atoms with E-state index < -0.39 is 18.0 Å². The second-order valence-corrected chi connectivity index (χ2v) is 7.97. The number of aromatic amines is 1. The Morgan fingerprint density at radius 1 is 1.09 bits per heavy atom. The molecule has 5 heterocycles. The number of fused-ring (bicyclic) bond motifs is 2. The summed E-state index contributed by atoms with van der Waals surface area (Å²) in [6, 6.07) is 5.49. The van der Waals surface area contributed by atoms with Crippen LogP contribution in [0.5, 0.6) is 0 Å². The van der Waals surface area contributed by atoms with Crippen LogP contribution in [0.4, 0.5) is 13.2 Å². The molecule has 0 saturated heterocycles. The molecule has 0 radical (unpaired) electrons. The van der Waals surface area contributed by atoms with Gasteiger partial charge in [-0.3, -0.25) is 4.98 Å². The molecule has 0 aliphatic heterocycles. The highest BCUT2D eigenvalue weighted by Gasteiger charge is 2.50. The van der Waals surface area contributed by atoms with Crippen molar-refractivity contribution in [2.24, 2.45) is 11.8 Å². The lowest BCUT2D eigenvalue weighted by Gasteiger charge is -2.37. The van der Waals surface area contributed by atoms with E-state index in [1.54, 1.807) is 46.2 Å². The third-order valence-corrected chi connectivity index (χ3v) is 6.13. The van der Waals surface area contributed by atoms with Gasteiger partial charge in [-0.15, -0.1) is 5.10 Å². The van der Waals surface area contributed by atoms with Gasteiger partial charge in [0, 0.05) is 31.3 Å². The molecule has 5 aromatic heterocycles. The summed E-state index contributed by atoms with van der Waals surface area (Å²) >= 11 is 0. The fourth-order valence-electron chi connectivity index (χ4n) is 4.36. The Kier molecular flexibility index (Phi) is 4.07. The fraction of sp³-hybridized carbons (Fsp3) is 0.286. The monoisotopic (exact) mass is 438 g/mol. The molecule has 6 rings (SSSR count). The van der Waals surface area contributed by atoms with Crippen molar-refractivity contribution in [3.05, 3.63) is 49.2 Å². The summed E-state index contributed by atoms with van der Waals surface area (Å²) in [4.78, 5) is 16.7. The number of rotatable bonds is 4. The van der Waals surface area contributed by atoms with E-state index in [4.69, 9.17) is 4.98 Å². The Morgan fingerprint density at radius 2 is 2.00 bits per heavy atom. The Balaban J connectivity index is 1.49. The van der Waals surface area contributed by atoms with Crippen LogP contribution >= 0.6 is 0 Å². The fourth-order valence-corrected chi connectivity index (χ4v) is 4.36. The zero-order valence-corrected chi connectivity index (χ0v) is 16.7. The zero-order chi connectivity index (χ0) is 21.9. The summed E-state index contributed by atoms with van der Waals surface area (Å²) in [6.45, 7) is 0.119. The standard InChI is InChI=1S/C21H17F3N8/c22-21(23,24)14-4-3-12(14)11-32-20(13-10-27-15-2-1-6-25-17(13)15)29-19(30-32)18-16-5-7-28-31(16)9-8-26-18/h1-2,5-10,12,14,27H,3-4,11H2/t12-,14+/m0/s1. The molecule has 5 aromatic rings. The van der Waals surface area contributed by atoms with Gasteiger partial charge >= 0.3 is 6.18 Å². The maximum atomic E-state index is 13.4. The van der Waals surface area contributed by atoms with Gasteiger partial charge in [0.2, 0.25) is 5.82 Å². The van der Waals surface area contributed by atoms with Gasteiger partial charge in [-0.2, -0.15) is 18.3 Å². The highest BCUT2D eigenvalue weighted by molar-refractivity contribution is 5.90. The number of hydrogen-bond acceptors (Lipinski definition) is 5. The van der Waals surface area contributed by atoms with Gasteiger partial charge in [0.15, 0.2) is 5.82 Å². The topological polar surface area (TPSA) is 89.6 Å². The smallest absolute Gasteiger partial charge is 0.359 e. The predicted molar refractivity (Wildman–Crippen MR) is 109 cm³/mol. The first kappa shape index (κ1) is 19.0. The molecule has 0 unspecified atom stereocenters. The van der Waals surface area contributed by atoms with Crippen LogP contribution < -0.4 is 0 Å². The van der Waals surface area contributed by atoms with Crippen LogP contribution in [0.2, 0.25) is 0 Å². The average Bonchev–Trinajstić information content (AvgIpc) is 3.46. The van der Waals surface area contributed by atoms with E-state index in [-0.39, 0.29) is 13.0 Å². The van der Waals surface area contributed by atoms with Crippen molar-refractivity contribution >= 4 is 16.6 Å². The van der Waals surface area contributed by atoms with Gasteiger partial charge in [-0.05, 0) is 37.0 Å². The number of nitrogens with zero attached hydrogens (tertiary/aromatic N) is 7. The lowest BCUT2D eigenvalue weighted by molar-refractivity contribution is -0.214. The number of halogens is 3. The highest BCUT2D eigenvalue weighted by Crippen LogP contribution is 2.46. The maximum absolute atomic E-state index is 13.4. The van der Waals surface area contributed by atoms with E-state index in [0.29, 0.717) is 40.4 Å². The quantitative estimate of drug-likeness (QED) is 0.456. The van der Waals surface area contributed by atoms with Crippen molar-refractivity contribution in [3.8, 4) is 22.9 Å². The van der Waals surface area contributed by atoms with E-state index in [0.717, 1.165) is 5.52 Å². The molecule has 0 spiro atoms. The summed E-state index contributed by atoms with van der Waals surface area (Å²) < 4.78 is 43.3. The number of pyridine rings is 1. The lowest BCUT2D eigenvalue weighted by atomic mass is 9.73. The summed E-state index contributed by atoms with van der Waals surface area (Å²) in [6.07, 6.45) is 4.82. The van der Waals surface area contributed by atoms with Crippen molar-refractivity contribution in [3.63, 3.8) is 0 Å². The molecule has 2 atom stereocenters. The molecule has 162 valence electrons. The Hall–Kier alpha value is -3.76. The van der Waals surface area contributed by atoms with Crippen LogP contribution in [0, 0.1) is 11.8 Å². The summed E-state index contributed by atoms with van der Waals surface area (Å²) in [5, 5.41) is 8.81. The second-order valence-electron chi connectivity index (χ2n) is 7.97. The molecular formula is C21H17F3N8. The van der Waals surface area contributed by atoms with Crippen LogP contribution in [0.25, 0.3) is 39.5 Å². The molecule has 0 amide bonds. The summed E-state index contributed by atoms with van der Waals surface area (Å²) in [5.74, 6) is -1.07. The molecule has 0 aromatic carbocycles. The van der Waals surface area contributed by atoms with Gasteiger partial charge in [-0.25, -0.2) is 19.2 Å². The van der Waals surface area contributed by atoms with Gasteiger partial charge in [-0.1, -0.05) is 0 Å². The molecule has 1 saturated carbocycles. The van der Waals surface area contributed by atoms with Gasteiger partial charge in [0.05, 0.1) is 34.2 Å². The highest BCUT2D eigenvalue weighted by atomic mass is 19.4. The van der Waals surface area contributed by atoms with Crippen molar-refractivity contribution in [2.75, 3.05) is 0 Å². The van der Waals surface area contributed by atoms with Gasteiger partial charge < -0.3 is 4.98 Å². The number of aromatic nitrogens is 8. The first-order valence-electron chi connectivity index (χ1n) is 10.2. The van der Waals surface area contributed by atoms with Crippen LogP contribution in [0.1, 0.15) is 12.8 Å². The van der Waals surface area contributed by atoms with E-state index in [1.807, 2.05) is 12.1 Å². The summed E-state index contributed by atoms with van der Waals surface area (Å²) in [5.41, 5.74) is 3.40. The van der Waals surface area contributed by atoms with E-state index in [2.05, 4.69) is 25.1 Å². The van der Waals surface area contributed by atoms with Crippen molar-refractivity contribution in [1.29, 1.82) is 0 Å². The first-order valence-corrected chi connectivity index (χ1v) is 10.2. The van der Waals surface area contributed by atoms with Gasteiger partial charge in [0.1, 0.15) is 5.69 Å². The number of H-pyrrole nitrogens is 1. The molecule has 8 nitrogen and oxygen atoms in total. The molecule has 11 heteroatoms. The molecule has 1 N–H and O–H groups in total. The molecule has 1 aliphatic rings. The number of alkyl halides is 3. The van der Waals surface area contributed by atoms with Crippen LogP contribution in [0.15, 0.2) is 49.2 Å². The Morgan fingerprint density at radius 3 is 2.81 bits per heavy atom. The van der Waals surface area contributed by atoms with Crippen molar-refractivity contribution < 1.29 is 13.2 Å². The Bertz CT molecular complexity index is 1430. The maximum Gasteiger partial charge on any atom is 0.392 e. The van der Waals surface area contributed by atoms with E-state index >= 15 is 0 Å². The third kappa shape index (κ3) is 2.95. The Labute approximate surface area is 179 Å². The molecule has 1 aliphatic carbocycles. The second kappa shape index (κ2) is 6.87. The number of nitrogens with one attached hydrogen (secondary N) is 1. The summed E-state index contributed by atoms with van der Waals surface area (Å²) in [7, 11) is 0. The van der Waals surface area contributed by atoms with Gasteiger partial charge in [0.25, 0.3) is 0 Å². The first-order chi connectivity index (χ1) is 15.5. The largest absolute Gasteiger partial charge is 0.392 e. The average molecular weight is 438 g/mol. The molecule has 0 bridgehead atoms. The third-order valence-electron chi connectivity index (χ3n) is 6.13. The minimum Gasteiger partial charge on any atom is -0.359 e. The van der Waals surface area contributed by atoms with Crippen molar-refractivity contribution in [2.45, 2.75) is 25.6 Å². The van der Waals surface area contributed by atoms with E-state index in [1.165, 1.54) is 0 Å². The SMILES string of the molecule is FC(F)(F)[C@@H]1CC[C@H]1Cn1nc(-c2nccn3nccc23)nc1-c1c[nH]c2cccnc12. The predicted octanol–water partition coefficient (Wildman–Crippen LogP) is 4.12. The minimum absolute atomic E-state index is 0.119. The molecule has 32 heavy (non-hydrogen) atoms. The van der Waals surface area contributed by atoms with Crippen LogP contribution in [-0.2, 0) is 6.54 Å².